The third kappa shape index (κ3) is 1.52. The molecule has 0 spiro atoms. The van der Waals surface area contributed by atoms with Crippen molar-refractivity contribution < 1.29 is 8.78 Å². The highest BCUT2D eigenvalue weighted by atomic mass is 19.3. The molecule has 0 bridgehead atoms. The van der Waals surface area contributed by atoms with E-state index >= 15 is 0 Å². The van der Waals surface area contributed by atoms with Gasteiger partial charge in [-0.1, -0.05) is 12.1 Å². The average molecular weight is 197 g/mol. The molecule has 0 amide bonds. The van der Waals surface area contributed by atoms with Crippen LogP contribution in [0.2, 0.25) is 0 Å². The molecule has 0 saturated carbocycles. The number of hydrogen-bond donors (Lipinski definition) is 1. The summed E-state index contributed by atoms with van der Waals surface area (Å²) in [5.41, 5.74) is 7.36. The van der Waals surface area contributed by atoms with Gasteiger partial charge in [0.15, 0.2) is 0 Å². The third-order valence-corrected chi connectivity index (χ3v) is 2.78. The first-order chi connectivity index (χ1) is 6.63. The van der Waals surface area contributed by atoms with Crippen LogP contribution in [0.3, 0.4) is 0 Å². The van der Waals surface area contributed by atoms with Crippen molar-refractivity contribution in [3.05, 3.63) is 34.9 Å². The molecule has 1 nitrogen and oxygen atoms in total. The molecular weight excluding hydrogens is 184 g/mol. The lowest BCUT2D eigenvalue weighted by Gasteiger charge is -2.15. The van der Waals surface area contributed by atoms with Gasteiger partial charge < -0.3 is 5.73 Å². The largest absolute Gasteiger partial charge is 0.325 e. The summed E-state index contributed by atoms with van der Waals surface area (Å²) < 4.78 is 26.5. The van der Waals surface area contributed by atoms with Gasteiger partial charge in [-0.3, -0.25) is 0 Å². The molecule has 0 saturated heterocycles. The highest BCUT2D eigenvalue weighted by Gasteiger charge is 2.30. The molecule has 0 aliphatic heterocycles. The molecule has 1 aliphatic carbocycles. The van der Waals surface area contributed by atoms with E-state index in [2.05, 4.69) is 0 Å². The molecule has 1 aliphatic rings. The van der Waals surface area contributed by atoms with Gasteiger partial charge in [0.25, 0.3) is 5.92 Å². The van der Waals surface area contributed by atoms with E-state index in [4.69, 9.17) is 5.73 Å². The molecule has 0 atom stereocenters. The normalized spacial score (nSPS) is 15.6. The summed E-state index contributed by atoms with van der Waals surface area (Å²) in [4.78, 5) is 0. The maximum absolute atomic E-state index is 13.2. The summed E-state index contributed by atoms with van der Waals surface area (Å²) in [7, 11) is 0. The fourth-order valence-corrected chi connectivity index (χ4v) is 1.92. The predicted molar refractivity (Wildman–Crippen MR) is 51.4 cm³/mol. The van der Waals surface area contributed by atoms with Crippen LogP contribution in [0.25, 0.3) is 0 Å². The molecule has 3 heteroatoms. The molecule has 1 aromatic carbocycles. The predicted octanol–water partition coefficient (Wildman–Crippen LogP) is 2.23. The number of rotatable bonds is 2. The van der Waals surface area contributed by atoms with Crippen molar-refractivity contribution in [1.29, 1.82) is 0 Å². The number of halogens is 2. The zero-order chi connectivity index (χ0) is 10.2. The fourth-order valence-electron chi connectivity index (χ4n) is 1.92. The van der Waals surface area contributed by atoms with Gasteiger partial charge in [0.2, 0.25) is 0 Å². The molecule has 0 heterocycles. The van der Waals surface area contributed by atoms with Crippen LogP contribution in [0, 0.1) is 0 Å². The molecule has 2 rings (SSSR count). The minimum absolute atomic E-state index is 0.0562. The maximum Gasteiger partial charge on any atom is 0.285 e. The standard InChI is InChI=1S/C11H13F2N/c12-11(13,7-14)10-5-4-8-2-1-3-9(8)6-10/h4-6H,1-3,7,14H2. The Morgan fingerprint density at radius 3 is 2.64 bits per heavy atom. The lowest BCUT2D eigenvalue weighted by molar-refractivity contribution is 0.00588. The molecule has 14 heavy (non-hydrogen) atoms. The number of aryl methyl sites for hydroxylation is 2. The number of nitrogens with two attached hydrogens (primary N) is 1. The first-order valence-electron chi connectivity index (χ1n) is 4.83. The van der Waals surface area contributed by atoms with Crippen LogP contribution in [0.15, 0.2) is 18.2 Å². The average Bonchev–Trinajstić information content (AvgIpc) is 2.64. The van der Waals surface area contributed by atoms with Gasteiger partial charge in [0.1, 0.15) is 0 Å². The molecule has 0 radical (unpaired) electrons. The topological polar surface area (TPSA) is 26.0 Å². The van der Waals surface area contributed by atoms with Crippen molar-refractivity contribution in [2.75, 3.05) is 6.54 Å². The van der Waals surface area contributed by atoms with Gasteiger partial charge in [-0.05, 0) is 36.5 Å². The summed E-state index contributed by atoms with van der Waals surface area (Å²) in [6.45, 7) is -0.619. The molecule has 0 unspecified atom stereocenters. The van der Waals surface area contributed by atoms with Crippen molar-refractivity contribution in [2.45, 2.75) is 25.2 Å². The number of benzene rings is 1. The van der Waals surface area contributed by atoms with Crippen LogP contribution in [0.1, 0.15) is 23.1 Å². The van der Waals surface area contributed by atoms with Crippen molar-refractivity contribution >= 4 is 0 Å². The van der Waals surface area contributed by atoms with Crippen molar-refractivity contribution in [2.24, 2.45) is 5.73 Å². The Hall–Kier alpha value is -0.960. The molecule has 76 valence electrons. The monoisotopic (exact) mass is 197 g/mol. The fraction of sp³-hybridized carbons (Fsp3) is 0.455. The highest BCUT2D eigenvalue weighted by Crippen LogP contribution is 2.31. The lowest BCUT2D eigenvalue weighted by Crippen LogP contribution is -2.25. The molecule has 0 fully saturated rings. The quantitative estimate of drug-likeness (QED) is 0.773. The second-order valence-electron chi connectivity index (χ2n) is 3.75. The van der Waals surface area contributed by atoms with E-state index in [0.29, 0.717) is 0 Å². The third-order valence-electron chi connectivity index (χ3n) is 2.78. The number of alkyl halides is 2. The SMILES string of the molecule is NCC(F)(F)c1ccc2c(c1)CCC2. The van der Waals surface area contributed by atoms with Crippen molar-refractivity contribution in [1.82, 2.24) is 0 Å². The van der Waals surface area contributed by atoms with Gasteiger partial charge in [-0.15, -0.1) is 0 Å². The summed E-state index contributed by atoms with van der Waals surface area (Å²) in [6.07, 6.45) is 3.01. The van der Waals surface area contributed by atoms with Crippen molar-refractivity contribution in [3.8, 4) is 0 Å². The van der Waals surface area contributed by atoms with Gasteiger partial charge in [-0.2, -0.15) is 8.78 Å². The molecular formula is C11H13F2N. The summed E-state index contributed by atoms with van der Waals surface area (Å²) in [6, 6.07) is 4.91. The van der Waals surface area contributed by atoms with E-state index < -0.39 is 12.5 Å². The van der Waals surface area contributed by atoms with E-state index in [1.54, 1.807) is 12.1 Å². The van der Waals surface area contributed by atoms with E-state index in [1.165, 1.54) is 11.6 Å². The van der Waals surface area contributed by atoms with Gasteiger partial charge in [0.05, 0.1) is 6.54 Å². The Morgan fingerprint density at radius 1 is 1.21 bits per heavy atom. The first-order valence-corrected chi connectivity index (χ1v) is 4.83. The summed E-state index contributed by atoms with van der Waals surface area (Å²) in [5, 5.41) is 0. The van der Waals surface area contributed by atoms with E-state index in [-0.39, 0.29) is 5.56 Å². The summed E-state index contributed by atoms with van der Waals surface area (Å²) in [5.74, 6) is -2.88. The summed E-state index contributed by atoms with van der Waals surface area (Å²) >= 11 is 0. The van der Waals surface area contributed by atoms with Crippen LogP contribution >= 0.6 is 0 Å². The van der Waals surface area contributed by atoms with Gasteiger partial charge in [0, 0.05) is 5.56 Å². The van der Waals surface area contributed by atoms with Crippen LogP contribution in [-0.4, -0.2) is 6.54 Å². The molecule has 1 aromatic rings. The first kappa shape index (κ1) is 9.59. The van der Waals surface area contributed by atoms with E-state index in [9.17, 15) is 8.78 Å². The maximum atomic E-state index is 13.2. The Morgan fingerprint density at radius 2 is 1.93 bits per heavy atom. The zero-order valence-corrected chi connectivity index (χ0v) is 7.89. The van der Waals surface area contributed by atoms with Crippen LogP contribution in [0.4, 0.5) is 8.78 Å². The lowest BCUT2D eigenvalue weighted by atomic mass is 10.0. The van der Waals surface area contributed by atoms with E-state index in [1.807, 2.05) is 0 Å². The second-order valence-corrected chi connectivity index (χ2v) is 3.75. The van der Waals surface area contributed by atoms with Crippen LogP contribution < -0.4 is 5.73 Å². The molecule has 2 N–H and O–H groups in total. The zero-order valence-electron chi connectivity index (χ0n) is 7.89. The number of hydrogen-bond acceptors (Lipinski definition) is 1. The minimum atomic E-state index is -2.88. The molecule has 0 aromatic heterocycles. The second kappa shape index (κ2) is 3.31. The number of fused-ring (bicyclic) bond motifs is 1. The smallest absolute Gasteiger partial charge is 0.285 e. The minimum Gasteiger partial charge on any atom is -0.325 e. The van der Waals surface area contributed by atoms with Gasteiger partial charge in [-0.25, -0.2) is 0 Å². The Kier molecular flexibility index (Phi) is 2.27. The van der Waals surface area contributed by atoms with Crippen LogP contribution in [-0.2, 0) is 18.8 Å². The highest BCUT2D eigenvalue weighted by molar-refractivity contribution is 5.37. The Balaban J connectivity index is 2.38. The van der Waals surface area contributed by atoms with E-state index in [0.717, 1.165) is 24.8 Å². The Bertz CT molecular complexity index is 347. The van der Waals surface area contributed by atoms with Crippen LogP contribution in [0.5, 0.6) is 0 Å². The van der Waals surface area contributed by atoms with Gasteiger partial charge >= 0.3 is 0 Å². The Labute approximate surface area is 81.9 Å². The van der Waals surface area contributed by atoms with Crippen molar-refractivity contribution in [3.63, 3.8) is 0 Å².